The lowest BCUT2D eigenvalue weighted by molar-refractivity contribution is -0.113. The van der Waals surface area contributed by atoms with Gasteiger partial charge in [-0.15, -0.1) is 0 Å². The first kappa shape index (κ1) is 23.8. The molecule has 0 saturated heterocycles. The van der Waals surface area contributed by atoms with Crippen molar-refractivity contribution in [2.75, 3.05) is 16.4 Å². The van der Waals surface area contributed by atoms with Crippen LogP contribution in [0.25, 0.3) is 11.1 Å². The van der Waals surface area contributed by atoms with E-state index >= 15 is 0 Å². The van der Waals surface area contributed by atoms with Gasteiger partial charge < -0.3 is 15.1 Å². The van der Waals surface area contributed by atoms with Crippen molar-refractivity contribution in [1.82, 2.24) is 9.97 Å². The van der Waals surface area contributed by atoms with Crippen LogP contribution in [0.1, 0.15) is 32.8 Å². The van der Waals surface area contributed by atoms with Crippen LogP contribution in [0.5, 0.6) is 0 Å². The molecule has 0 unspecified atom stereocenters. The minimum absolute atomic E-state index is 0.0555. The van der Waals surface area contributed by atoms with Crippen molar-refractivity contribution in [3.63, 3.8) is 0 Å². The number of hydrogen-bond donors (Lipinski definition) is 2. The van der Waals surface area contributed by atoms with Gasteiger partial charge in [-0.2, -0.15) is 4.98 Å². The van der Waals surface area contributed by atoms with Crippen molar-refractivity contribution in [1.29, 1.82) is 0 Å². The molecule has 2 aromatic heterocycles. The zero-order valence-corrected chi connectivity index (χ0v) is 20.7. The summed E-state index contributed by atoms with van der Waals surface area (Å²) >= 11 is 7.44. The average Bonchev–Trinajstić information content (AvgIpc) is 3.09. The first-order chi connectivity index (χ1) is 16.2. The smallest absolute Gasteiger partial charge is 0.256 e. The van der Waals surface area contributed by atoms with E-state index in [1.54, 1.807) is 30.3 Å². The lowest BCUT2D eigenvalue weighted by Gasteiger charge is -2.11. The summed E-state index contributed by atoms with van der Waals surface area (Å²) in [6.45, 7) is 7.55. The normalized spacial score (nSPS) is 11.0. The summed E-state index contributed by atoms with van der Waals surface area (Å²) in [6, 6.07) is 12.6. The molecule has 0 aliphatic heterocycles. The van der Waals surface area contributed by atoms with Crippen LogP contribution in [0, 0.1) is 27.7 Å². The maximum absolute atomic E-state index is 12.8. The number of fused-ring (bicyclic) bond motifs is 1. The molecule has 0 aliphatic carbocycles. The number of aryl methyl sites for hydroxylation is 4. The molecule has 7 nitrogen and oxygen atoms in total. The van der Waals surface area contributed by atoms with Crippen molar-refractivity contribution < 1.29 is 14.0 Å². The highest BCUT2D eigenvalue weighted by molar-refractivity contribution is 7.99. The van der Waals surface area contributed by atoms with Gasteiger partial charge in [0, 0.05) is 11.1 Å². The first-order valence-corrected chi connectivity index (χ1v) is 11.9. The Morgan fingerprint density at radius 2 is 1.76 bits per heavy atom. The number of amides is 2. The second kappa shape index (κ2) is 9.87. The number of nitrogens with zero attached hydrogens (tertiary/aromatic N) is 2. The summed E-state index contributed by atoms with van der Waals surface area (Å²) in [5, 5.41) is 7.15. The van der Waals surface area contributed by atoms with E-state index in [1.807, 2.05) is 39.8 Å². The molecule has 4 aromatic rings. The van der Waals surface area contributed by atoms with Crippen LogP contribution in [0.4, 0.5) is 11.5 Å². The third-order valence-electron chi connectivity index (χ3n) is 5.30. The summed E-state index contributed by atoms with van der Waals surface area (Å²) in [5.41, 5.74) is 4.19. The number of carbonyl (C=O) groups excluding carboxylic acids is 2. The largest absolute Gasteiger partial charge is 0.443 e. The maximum atomic E-state index is 12.8. The minimum atomic E-state index is -0.294. The Labute approximate surface area is 206 Å². The van der Waals surface area contributed by atoms with E-state index < -0.39 is 0 Å². The Bertz CT molecular complexity index is 1380. The summed E-state index contributed by atoms with van der Waals surface area (Å²) in [5.74, 6) is 0.540. The molecule has 2 heterocycles. The molecule has 0 aliphatic rings. The van der Waals surface area contributed by atoms with E-state index in [0.717, 1.165) is 28.5 Å². The molecule has 34 heavy (non-hydrogen) atoms. The molecule has 2 N–H and O–H groups in total. The van der Waals surface area contributed by atoms with Crippen LogP contribution in [-0.2, 0) is 4.79 Å². The Hall–Kier alpha value is -3.36. The SMILES string of the molecule is Cc1cc(C)c(NC(=O)CSc2nc(NC(=O)c3ccccc3)c3c(C)c(C)oc3n2)c(Cl)c1. The predicted octanol–water partition coefficient (Wildman–Crippen LogP) is 6.09. The third kappa shape index (κ3) is 5.08. The predicted molar refractivity (Wildman–Crippen MR) is 136 cm³/mol. The van der Waals surface area contributed by atoms with Gasteiger partial charge in [0.15, 0.2) is 5.16 Å². The highest BCUT2D eigenvalue weighted by Gasteiger charge is 2.19. The topological polar surface area (TPSA) is 97.1 Å². The van der Waals surface area contributed by atoms with E-state index in [-0.39, 0.29) is 17.6 Å². The molecular formula is C25H23ClN4O3S. The van der Waals surface area contributed by atoms with Crippen molar-refractivity contribution in [2.45, 2.75) is 32.9 Å². The van der Waals surface area contributed by atoms with Gasteiger partial charge in [-0.3, -0.25) is 9.59 Å². The summed E-state index contributed by atoms with van der Waals surface area (Å²) in [6.07, 6.45) is 0. The number of rotatable bonds is 6. The Morgan fingerprint density at radius 3 is 2.47 bits per heavy atom. The number of benzene rings is 2. The van der Waals surface area contributed by atoms with Crippen LogP contribution in [0.3, 0.4) is 0 Å². The van der Waals surface area contributed by atoms with Gasteiger partial charge in [0.2, 0.25) is 11.6 Å². The van der Waals surface area contributed by atoms with Crippen LogP contribution >= 0.6 is 23.4 Å². The van der Waals surface area contributed by atoms with E-state index in [9.17, 15) is 9.59 Å². The number of aromatic nitrogens is 2. The van der Waals surface area contributed by atoms with E-state index in [0.29, 0.717) is 44.1 Å². The highest BCUT2D eigenvalue weighted by atomic mass is 35.5. The second-order valence-corrected chi connectivity index (χ2v) is 9.26. The van der Waals surface area contributed by atoms with Gasteiger partial charge >= 0.3 is 0 Å². The van der Waals surface area contributed by atoms with Gasteiger partial charge in [0.1, 0.15) is 11.6 Å². The Kier molecular flexibility index (Phi) is 6.90. The van der Waals surface area contributed by atoms with E-state index in [2.05, 4.69) is 20.6 Å². The third-order valence-corrected chi connectivity index (χ3v) is 6.45. The minimum Gasteiger partial charge on any atom is -0.443 e. The van der Waals surface area contributed by atoms with E-state index in [4.69, 9.17) is 16.0 Å². The summed E-state index contributed by atoms with van der Waals surface area (Å²) < 4.78 is 5.78. The average molecular weight is 495 g/mol. The fourth-order valence-corrected chi connectivity index (χ4v) is 4.54. The standard InChI is InChI=1S/C25H23ClN4O3S/c1-13-10-14(2)21(18(26)11-13)27-19(31)12-34-25-29-22(20-15(3)16(4)33-24(20)30-25)28-23(32)17-8-6-5-7-9-17/h5-11H,12H2,1-4H3,(H,27,31)(H,28,29,30,32). The van der Waals surface area contributed by atoms with Gasteiger partial charge in [0.25, 0.3) is 5.91 Å². The summed E-state index contributed by atoms with van der Waals surface area (Å²) in [4.78, 5) is 34.3. The second-order valence-electron chi connectivity index (χ2n) is 7.91. The quantitative estimate of drug-likeness (QED) is 0.248. The fourth-order valence-electron chi connectivity index (χ4n) is 3.53. The van der Waals surface area contributed by atoms with Gasteiger partial charge in [-0.1, -0.05) is 47.6 Å². The number of carbonyl (C=O) groups is 2. The lowest BCUT2D eigenvalue weighted by atomic mass is 10.1. The highest BCUT2D eigenvalue weighted by Crippen LogP contribution is 2.32. The molecule has 4 rings (SSSR count). The monoisotopic (exact) mass is 494 g/mol. The lowest BCUT2D eigenvalue weighted by Crippen LogP contribution is -2.16. The van der Waals surface area contributed by atoms with Crippen molar-refractivity contribution in [2.24, 2.45) is 0 Å². The van der Waals surface area contributed by atoms with E-state index in [1.165, 1.54) is 0 Å². The van der Waals surface area contributed by atoms with Gasteiger partial charge in [-0.25, -0.2) is 4.98 Å². The number of anilines is 2. The molecule has 174 valence electrons. The van der Waals surface area contributed by atoms with Crippen molar-refractivity contribution in [3.8, 4) is 0 Å². The molecule has 0 fully saturated rings. The molecule has 9 heteroatoms. The van der Waals surface area contributed by atoms with Crippen LogP contribution in [0.15, 0.2) is 52.0 Å². The molecular weight excluding hydrogens is 472 g/mol. The molecule has 0 radical (unpaired) electrons. The number of furan rings is 1. The fraction of sp³-hybridized carbons (Fsp3) is 0.200. The van der Waals surface area contributed by atoms with Crippen molar-refractivity contribution in [3.05, 3.63) is 75.5 Å². The number of hydrogen-bond acceptors (Lipinski definition) is 6. The van der Waals surface area contributed by atoms with Crippen LogP contribution in [0.2, 0.25) is 5.02 Å². The molecule has 0 atom stereocenters. The molecule has 2 aromatic carbocycles. The maximum Gasteiger partial charge on any atom is 0.256 e. The molecule has 0 saturated carbocycles. The molecule has 2 amide bonds. The number of halogens is 1. The zero-order chi connectivity index (χ0) is 24.4. The Balaban J connectivity index is 1.56. The van der Waals surface area contributed by atoms with Crippen LogP contribution < -0.4 is 10.6 Å². The Morgan fingerprint density at radius 1 is 1.03 bits per heavy atom. The number of nitrogens with one attached hydrogen (secondary N) is 2. The summed E-state index contributed by atoms with van der Waals surface area (Å²) in [7, 11) is 0. The van der Waals surface area contributed by atoms with Crippen molar-refractivity contribution >= 4 is 57.8 Å². The van der Waals surface area contributed by atoms with Crippen LogP contribution in [-0.4, -0.2) is 27.5 Å². The van der Waals surface area contributed by atoms with Gasteiger partial charge in [-0.05, 0) is 57.0 Å². The number of thioether (sulfide) groups is 1. The molecule has 0 bridgehead atoms. The van der Waals surface area contributed by atoms with Gasteiger partial charge in [0.05, 0.1) is 21.8 Å². The molecule has 0 spiro atoms. The first-order valence-electron chi connectivity index (χ1n) is 10.6. The zero-order valence-electron chi connectivity index (χ0n) is 19.2.